The van der Waals surface area contributed by atoms with E-state index in [4.69, 9.17) is 11.6 Å². The van der Waals surface area contributed by atoms with Crippen LogP contribution in [-0.4, -0.2) is 5.33 Å². The van der Waals surface area contributed by atoms with Gasteiger partial charge in [-0.2, -0.15) is 0 Å². The SMILES string of the molecule is Fc1cc(CCBr)c(F)cc1Cl. The molecular formula is C8H6BrClF2. The molecule has 0 aliphatic rings. The Morgan fingerprint density at radius 3 is 2.50 bits per heavy atom. The zero-order valence-electron chi connectivity index (χ0n) is 6.08. The van der Waals surface area contributed by atoms with E-state index in [0.717, 1.165) is 12.1 Å². The quantitative estimate of drug-likeness (QED) is 0.560. The molecular weight excluding hydrogens is 249 g/mol. The van der Waals surface area contributed by atoms with Gasteiger partial charge in [0.25, 0.3) is 0 Å². The van der Waals surface area contributed by atoms with E-state index >= 15 is 0 Å². The number of hydrogen-bond donors (Lipinski definition) is 0. The molecule has 1 aromatic rings. The lowest BCUT2D eigenvalue weighted by atomic mass is 10.1. The fraction of sp³-hybridized carbons (Fsp3) is 0.250. The summed E-state index contributed by atoms with van der Waals surface area (Å²) >= 11 is 8.50. The van der Waals surface area contributed by atoms with Gasteiger partial charge in [-0.05, 0) is 24.1 Å². The molecule has 0 aromatic heterocycles. The maximum absolute atomic E-state index is 12.9. The van der Waals surface area contributed by atoms with Crippen LogP contribution in [0.15, 0.2) is 12.1 Å². The molecule has 1 aromatic carbocycles. The lowest BCUT2D eigenvalue weighted by Gasteiger charge is -2.01. The van der Waals surface area contributed by atoms with Gasteiger partial charge in [-0.3, -0.25) is 0 Å². The number of halogens is 4. The van der Waals surface area contributed by atoms with Gasteiger partial charge in [0.15, 0.2) is 0 Å². The highest BCUT2D eigenvalue weighted by Crippen LogP contribution is 2.19. The summed E-state index contributed by atoms with van der Waals surface area (Å²) in [4.78, 5) is 0. The van der Waals surface area contributed by atoms with Crippen LogP contribution in [0.5, 0.6) is 0 Å². The molecule has 4 heteroatoms. The molecule has 0 amide bonds. The molecule has 0 radical (unpaired) electrons. The number of hydrogen-bond acceptors (Lipinski definition) is 0. The highest BCUT2D eigenvalue weighted by atomic mass is 79.9. The molecule has 0 heterocycles. The van der Waals surface area contributed by atoms with Crippen LogP contribution in [-0.2, 0) is 6.42 Å². The van der Waals surface area contributed by atoms with E-state index in [1.54, 1.807) is 0 Å². The van der Waals surface area contributed by atoms with Crippen LogP contribution in [0.2, 0.25) is 5.02 Å². The summed E-state index contributed by atoms with van der Waals surface area (Å²) in [5.74, 6) is -1.03. The van der Waals surface area contributed by atoms with Gasteiger partial charge >= 0.3 is 0 Å². The monoisotopic (exact) mass is 254 g/mol. The van der Waals surface area contributed by atoms with Crippen LogP contribution >= 0.6 is 27.5 Å². The second-order valence-electron chi connectivity index (χ2n) is 2.30. The second kappa shape index (κ2) is 4.19. The smallest absolute Gasteiger partial charge is 0.142 e. The second-order valence-corrected chi connectivity index (χ2v) is 3.50. The first kappa shape index (κ1) is 9.93. The Bertz CT molecular complexity index is 289. The normalized spacial score (nSPS) is 10.3. The van der Waals surface area contributed by atoms with Crippen molar-refractivity contribution in [3.05, 3.63) is 34.4 Å². The summed E-state index contributed by atoms with van der Waals surface area (Å²) in [5, 5.41) is 0.427. The van der Waals surface area contributed by atoms with E-state index in [1.165, 1.54) is 0 Å². The van der Waals surface area contributed by atoms with Crippen molar-refractivity contribution in [3.8, 4) is 0 Å². The maximum atomic E-state index is 12.9. The predicted molar refractivity (Wildman–Crippen MR) is 48.9 cm³/mol. The summed E-state index contributed by atoms with van der Waals surface area (Å²) in [6, 6.07) is 2.12. The topological polar surface area (TPSA) is 0 Å². The van der Waals surface area contributed by atoms with Crippen molar-refractivity contribution in [3.63, 3.8) is 0 Å². The van der Waals surface area contributed by atoms with E-state index in [-0.39, 0.29) is 5.02 Å². The zero-order chi connectivity index (χ0) is 9.14. The molecule has 0 spiro atoms. The minimum absolute atomic E-state index is 0.175. The van der Waals surface area contributed by atoms with E-state index < -0.39 is 11.6 Å². The Morgan fingerprint density at radius 2 is 1.92 bits per heavy atom. The third kappa shape index (κ3) is 2.17. The number of alkyl halides is 1. The Labute approximate surface area is 82.7 Å². The highest BCUT2D eigenvalue weighted by molar-refractivity contribution is 9.09. The molecule has 0 fully saturated rings. The van der Waals surface area contributed by atoms with Crippen molar-refractivity contribution in [1.29, 1.82) is 0 Å². The van der Waals surface area contributed by atoms with Crippen LogP contribution in [0.1, 0.15) is 5.56 Å². The van der Waals surface area contributed by atoms with Gasteiger partial charge < -0.3 is 0 Å². The first-order chi connectivity index (χ1) is 5.65. The highest BCUT2D eigenvalue weighted by Gasteiger charge is 2.07. The fourth-order valence-corrected chi connectivity index (χ4v) is 1.43. The minimum atomic E-state index is -0.575. The van der Waals surface area contributed by atoms with Crippen LogP contribution in [0.4, 0.5) is 8.78 Å². The largest absolute Gasteiger partial charge is 0.207 e. The number of benzene rings is 1. The third-order valence-corrected chi connectivity index (χ3v) is 2.14. The summed E-state index contributed by atoms with van der Waals surface area (Å²) in [7, 11) is 0. The van der Waals surface area contributed by atoms with Crippen molar-refractivity contribution in [2.24, 2.45) is 0 Å². The van der Waals surface area contributed by atoms with Gasteiger partial charge in [0.1, 0.15) is 11.6 Å². The van der Waals surface area contributed by atoms with E-state index in [1.807, 2.05) is 0 Å². The molecule has 0 aliphatic carbocycles. The molecule has 0 bridgehead atoms. The van der Waals surface area contributed by atoms with Crippen LogP contribution in [0, 0.1) is 11.6 Å². The summed E-state index contributed by atoms with van der Waals surface area (Å²) < 4.78 is 25.7. The molecule has 0 aliphatic heterocycles. The predicted octanol–water partition coefficient (Wildman–Crippen LogP) is 3.56. The number of aryl methyl sites for hydroxylation is 1. The molecule has 0 atom stereocenters. The average molecular weight is 255 g/mol. The Morgan fingerprint density at radius 1 is 1.25 bits per heavy atom. The molecule has 0 saturated heterocycles. The third-order valence-electron chi connectivity index (χ3n) is 1.45. The van der Waals surface area contributed by atoms with Crippen molar-refractivity contribution in [2.75, 3.05) is 5.33 Å². The molecule has 0 N–H and O–H groups in total. The van der Waals surface area contributed by atoms with Crippen LogP contribution in [0.25, 0.3) is 0 Å². The number of rotatable bonds is 2. The van der Waals surface area contributed by atoms with Crippen LogP contribution < -0.4 is 0 Å². The Balaban J connectivity index is 3.05. The Kier molecular flexibility index (Phi) is 3.47. The standard InChI is InChI=1S/C8H6BrClF2/c9-2-1-5-3-8(12)6(10)4-7(5)11/h3-4H,1-2H2. The molecule has 0 unspecified atom stereocenters. The van der Waals surface area contributed by atoms with Gasteiger partial charge in [0.2, 0.25) is 0 Å². The van der Waals surface area contributed by atoms with Crippen molar-refractivity contribution < 1.29 is 8.78 Å². The molecule has 1 rings (SSSR count). The first-order valence-electron chi connectivity index (χ1n) is 3.34. The Hall–Kier alpha value is -0.150. The van der Waals surface area contributed by atoms with Gasteiger partial charge in [-0.15, -0.1) is 0 Å². The van der Waals surface area contributed by atoms with Gasteiger partial charge in [0, 0.05) is 5.33 Å². The zero-order valence-corrected chi connectivity index (χ0v) is 8.42. The first-order valence-corrected chi connectivity index (χ1v) is 4.84. The van der Waals surface area contributed by atoms with Gasteiger partial charge in [0.05, 0.1) is 5.02 Å². The fourth-order valence-electron chi connectivity index (χ4n) is 0.857. The molecule has 0 nitrogen and oxygen atoms in total. The summed E-state index contributed by atoms with van der Waals surface area (Å²) in [6.45, 7) is 0. The molecule has 66 valence electrons. The average Bonchev–Trinajstić information content (AvgIpc) is 2.01. The van der Waals surface area contributed by atoms with E-state index in [0.29, 0.717) is 17.3 Å². The van der Waals surface area contributed by atoms with E-state index in [9.17, 15) is 8.78 Å². The maximum Gasteiger partial charge on any atom is 0.142 e. The minimum Gasteiger partial charge on any atom is -0.207 e. The van der Waals surface area contributed by atoms with Crippen LogP contribution in [0.3, 0.4) is 0 Å². The summed E-state index contributed by atoms with van der Waals surface area (Å²) in [6.07, 6.45) is 0.458. The van der Waals surface area contributed by atoms with Crippen molar-refractivity contribution >= 4 is 27.5 Å². The van der Waals surface area contributed by atoms with Gasteiger partial charge in [-0.1, -0.05) is 27.5 Å². The summed E-state index contributed by atoms with van der Waals surface area (Å²) in [5.41, 5.74) is 0.341. The van der Waals surface area contributed by atoms with E-state index in [2.05, 4.69) is 15.9 Å². The van der Waals surface area contributed by atoms with Crippen molar-refractivity contribution in [1.82, 2.24) is 0 Å². The molecule has 12 heavy (non-hydrogen) atoms. The lowest BCUT2D eigenvalue weighted by molar-refractivity contribution is 0.588. The van der Waals surface area contributed by atoms with Gasteiger partial charge in [-0.25, -0.2) is 8.78 Å². The molecule has 0 saturated carbocycles. The van der Waals surface area contributed by atoms with Crippen molar-refractivity contribution in [2.45, 2.75) is 6.42 Å². The lowest BCUT2D eigenvalue weighted by Crippen LogP contribution is -1.93.